The molecule has 2 N–H and O–H groups in total. The van der Waals surface area contributed by atoms with Crippen LogP contribution >= 0.6 is 34.5 Å². The van der Waals surface area contributed by atoms with E-state index in [2.05, 4.69) is 15.3 Å². The Labute approximate surface area is 214 Å². The zero-order valence-electron chi connectivity index (χ0n) is 18.5. The Kier molecular flexibility index (Phi) is 8.02. The first-order chi connectivity index (χ1) is 16.8. The van der Waals surface area contributed by atoms with Gasteiger partial charge in [0.2, 0.25) is 0 Å². The van der Waals surface area contributed by atoms with Gasteiger partial charge >= 0.3 is 11.9 Å². The molecule has 35 heavy (non-hydrogen) atoms. The van der Waals surface area contributed by atoms with Gasteiger partial charge in [-0.05, 0) is 19.1 Å². The summed E-state index contributed by atoms with van der Waals surface area (Å²) in [6.07, 6.45) is 1.07. The fourth-order valence-electron chi connectivity index (χ4n) is 3.85. The Hall–Kier alpha value is -2.57. The summed E-state index contributed by atoms with van der Waals surface area (Å²) in [7, 11) is 0. The molecule has 4 rings (SSSR count). The van der Waals surface area contributed by atoms with Gasteiger partial charge in [0.25, 0.3) is 0 Å². The van der Waals surface area contributed by atoms with Gasteiger partial charge in [-0.3, -0.25) is 14.7 Å². The van der Waals surface area contributed by atoms with E-state index in [9.17, 15) is 19.1 Å². The molecule has 2 aliphatic heterocycles. The van der Waals surface area contributed by atoms with Crippen molar-refractivity contribution in [1.29, 1.82) is 0 Å². The van der Waals surface area contributed by atoms with Gasteiger partial charge in [-0.15, -0.1) is 0 Å². The van der Waals surface area contributed by atoms with Crippen molar-refractivity contribution in [1.82, 2.24) is 15.2 Å². The molecular formula is C22H21Cl2FN4O5S. The number of aliphatic carboxylic acids is 1. The molecule has 1 saturated heterocycles. The number of aromatic nitrogens is 1. The van der Waals surface area contributed by atoms with Gasteiger partial charge in [0, 0.05) is 34.4 Å². The third-order valence-electron chi connectivity index (χ3n) is 5.44. The minimum atomic E-state index is -1.05. The molecule has 186 valence electrons. The second kappa shape index (κ2) is 11.0. The molecule has 3 heterocycles. The molecule has 0 amide bonds. The number of nitrogens with zero attached hydrogens (tertiary/aromatic N) is 3. The van der Waals surface area contributed by atoms with E-state index in [1.165, 1.54) is 6.07 Å². The van der Waals surface area contributed by atoms with Crippen LogP contribution < -0.4 is 5.32 Å². The number of hydrogen-bond donors (Lipinski definition) is 2. The van der Waals surface area contributed by atoms with Gasteiger partial charge in [0.15, 0.2) is 16.0 Å². The van der Waals surface area contributed by atoms with E-state index in [0.717, 1.165) is 17.5 Å². The standard InChI is InChI=1S/C22H21Cl2FN4O5S/c1-2-34-22(32)17-14(9-29-5-6-33-10-15(29)21(30)31)27-19(20-26-8-16(25)35-20)28-18(17)12-4-3-11(23)7-13(12)24/h3-4,7-8,15,18H,2,5-6,9-10H2,1H3,(H,27,28)(H,30,31). The molecule has 2 unspecified atom stereocenters. The van der Waals surface area contributed by atoms with Crippen molar-refractivity contribution in [2.45, 2.75) is 19.0 Å². The number of rotatable bonds is 7. The number of carboxylic acid groups (broad SMARTS) is 1. The number of thiazole rings is 1. The number of aliphatic imine (C=N–C) groups is 1. The second-order valence-corrected chi connectivity index (χ2v) is 9.48. The zero-order valence-corrected chi connectivity index (χ0v) is 20.8. The largest absolute Gasteiger partial charge is 0.480 e. The van der Waals surface area contributed by atoms with E-state index in [4.69, 9.17) is 32.7 Å². The van der Waals surface area contributed by atoms with E-state index in [1.54, 1.807) is 24.0 Å². The van der Waals surface area contributed by atoms with E-state index < -0.39 is 29.2 Å². The number of morpholine rings is 1. The van der Waals surface area contributed by atoms with E-state index in [0.29, 0.717) is 29.4 Å². The summed E-state index contributed by atoms with van der Waals surface area (Å²) in [4.78, 5) is 35.4. The summed E-state index contributed by atoms with van der Waals surface area (Å²) in [5, 5.41) is 13.2. The maximum atomic E-state index is 13.8. The topological polar surface area (TPSA) is 113 Å². The van der Waals surface area contributed by atoms with Gasteiger partial charge in [0.1, 0.15) is 12.1 Å². The molecule has 9 nitrogen and oxygen atoms in total. The Bertz CT molecular complexity index is 1200. The molecule has 13 heteroatoms. The number of carbonyl (C=O) groups is 2. The monoisotopic (exact) mass is 542 g/mol. The Balaban J connectivity index is 1.84. The van der Waals surface area contributed by atoms with Crippen molar-refractivity contribution in [2.75, 3.05) is 32.9 Å². The van der Waals surface area contributed by atoms with Crippen LogP contribution in [0.1, 0.15) is 23.5 Å². The van der Waals surface area contributed by atoms with Crippen LogP contribution in [-0.2, 0) is 19.1 Å². The lowest BCUT2D eigenvalue weighted by atomic mass is 9.95. The number of ether oxygens (including phenoxy) is 2. The molecule has 2 aromatic rings. The van der Waals surface area contributed by atoms with Crippen LogP contribution in [0.4, 0.5) is 4.39 Å². The molecule has 0 spiro atoms. The Morgan fingerprint density at radius 3 is 2.86 bits per heavy atom. The highest BCUT2D eigenvalue weighted by atomic mass is 35.5. The summed E-state index contributed by atoms with van der Waals surface area (Å²) >= 11 is 13.3. The van der Waals surface area contributed by atoms with Crippen LogP contribution in [0, 0.1) is 5.13 Å². The fraction of sp³-hybridized carbons (Fsp3) is 0.364. The first-order valence-corrected chi connectivity index (χ1v) is 12.2. The molecule has 2 aliphatic rings. The minimum absolute atomic E-state index is 0.00241. The quantitative estimate of drug-likeness (QED) is 0.512. The third kappa shape index (κ3) is 5.65. The molecule has 1 fully saturated rings. The van der Waals surface area contributed by atoms with Crippen LogP contribution in [0.15, 0.2) is 40.7 Å². The highest BCUT2D eigenvalue weighted by molar-refractivity contribution is 7.12. The normalized spacial score (nSPS) is 20.9. The van der Waals surface area contributed by atoms with E-state index in [-0.39, 0.29) is 41.2 Å². The lowest BCUT2D eigenvalue weighted by Crippen LogP contribution is -2.52. The summed E-state index contributed by atoms with van der Waals surface area (Å²) in [6.45, 7) is 2.49. The van der Waals surface area contributed by atoms with E-state index in [1.807, 2.05) is 0 Å². The zero-order chi connectivity index (χ0) is 25.1. The summed E-state index contributed by atoms with van der Waals surface area (Å²) in [5.41, 5.74) is 0.991. The lowest BCUT2D eigenvalue weighted by molar-refractivity contribution is -0.149. The average molecular weight is 543 g/mol. The number of carbonyl (C=O) groups excluding carboxylic acids is 1. The molecule has 0 radical (unpaired) electrons. The molecule has 1 aromatic carbocycles. The predicted octanol–water partition coefficient (Wildman–Crippen LogP) is 3.28. The molecule has 0 aliphatic carbocycles. The molecular weight excluding hydrogens is 522 g/mol. The number of benzene rings is 1. The van der Waals surface area contributed by atoms with Gasteiger partial charge in [0.05, 0.1) is 31.6 Å². The van der Waals surface area contributed by atoms with Crippen LogP contribution in [0.25, 0.3) is 0 Å². The summed E-state index contributed by atoms with van der Waals surface area (Å²) in [6, 6.07) is 2.95. The number of esters is 1. The molecule has 1 aromatic heterocycles. The SMILES string of the molecule is CCOC(=O)C1=C(CN2CCOCC2C(=O)O)NC(c2ncc(F)s2)=NC1c1ccc(Cl)cc1Cl. The van der Waals surface area contributed by atoms with E-state index >= 15 is 0 Å². The first kappa shape index (κ1) is 25.5. The fourth-order valence-corrected chi connectivity index (χ4v) is 4.96. The first-order valence-electron chi connectivity index (χ1n) is 10.6. The summed E-state index contributed by atoms with van der Waals surface area (Å²) < 4.78 is 24.4. The minimum Gasteiger partial charge on any atom is -0.480 e. The number of nitrogens with one attached hydrogen (secondary N) is 1. The van der Waals surface area contributed by atoms with Crippen molar-refractivity contribution in [3.63, 3.8) is 0 Å². The highest BCUT2D eigenvalue weighted by Crippen LogP contribution is 2.37. The smallest absolute Gasteiger partial charge is 0.338 e. The van der Waals surface area contributed by atoms with Crippen LogP contribution in [0.5, 0.6) is 0 Å². The van der Waals surface area contributed by atoms with Crippen LogP contribution in [-0.4, -0.2) is 71.7 Å². The molecule has 0 bridgehead atoms. The van der Waals surface area contributed by atoms with Gasteiger partial charge in [-0.1, -0.05) is 40.6 Å². The van der Waals surface area contributed by atoms with Crippen molar-refractivity contribution in [3.8, 4) is 0 Å². The van der Waals surface area contributed by atoms with Gasteiger partial charge < -0.3 is 19.9 Å². The second-order valence-electron chi connectivity index (χ2n) is 7.65. The molecule has 2 atom stereocenters. The van der Waals surface area contributed by atoms with Crippen molar-refractivity contribution >= 4 is 52.3 Å². The van der Waals surface area contributed by atoms with Crippen LogP contribution in [0.3, 0.4) is 0 Å². The van der Waals surface area contributed by atoms with Crippen LogP contribution in [0.2, 0.25) is 10.0 Å². The predicted molar refractivity (Wildman–Crippen MR) is 128 cm³/mol. The number of hydrogen-bond acceptors (Lipinski definition) is 9. The number of halogens is 3. The Morgan fingerprint density at radius 1 is 1.40 bits per heavy atom. The van der Waals surface area contributed by atoms with Gasteiger partial charge in [-0.25, -0.2) is 9.78 Å². The third-order valence-corrected chi connectivity index (χ3v) is 6.80. The van der Waals surface area contributed by atoms with Crippen molar-refractivity contribution in [2.24, 2.45) is 4.99 Å². The number of carboxylic acids is 1. The Morgan fingerprint density at radius 2 is 2.20 bits per heavy atom. The lowest BCUT2D eigenvalue weighted by Gasteiger charge is -2.35. The maximum Gasteiger partial charge on any atom is 0.338 e. The van der Waals surface area contributed by atoms with Crippen molar-refractivity contribution in [3.05, 3.63) is 61.4 Å². The molecule has 0 saturated carbocycles. The summed E-state index contributed by atoms with van der Waals surface area (Å²) in [5.74, 6) is -1.47. The average Bonchev–Trinajstić information content (AvgIpc) is 3.25. The van der Waals surface area contributed by atoms with Gasteiger partial charge in [-0.2, -0.15) is 4.39 Å². The maximum absolute atomic E-state index is 13.8. The highest BCUT2D eigenvalue weighted by Gasteiger charge is 2.37. The number of amidine groups is 1. The van der Waals surface area contributed by atoms with Crippen molar-refractivity contribution < 1.29 is 28.6 Å².